The largest absolute Gasteiger partial charge is 0.444 e. The van der Waals surface area contributed by atoms with E-state index in [-0.39, 0.29) is 13.2 Å². The number of ether oxygens (including phenoxy) is 1. The molecule has 3 N–H and O–H groups in total. The van der Waals surface area contributed by atoms with Gasteiger partial charge in [0, 0.05) is 12.2 Å². The Morgan fingerprint density at radius 2 is 1.58 bits per heavy atom. The Balaban J connectivity index is 2.47. The van der Waals surface area contributed by atoms with E-state index in [1.54, 1.807) is 26.8 Å². The molecule has 0 radical (unpaired) electrons. The van der Waals surface area contributed by atoms with E-state index < -0.39 is 35.6 Å². The maximum absolute atomic E-state index is 13.8. The zero-order chi connectivity index (χ0) is 27.2. The molecule has 8 nitrogen and oxygen atoms in total. The topological polar surface area (TPSA) is 108 Å². The van der Waals surface area contributed by atoms with Crippen molar-refractivity contribution in [1.82, 2.24) is 10.2 Å². The number of nitrogens with one attached hydrogen (secondary N) is 2. The van der Waals surface area contributed by atoms with Gasteiger partial charge in [0.05, 0.1) is 6.61 Å². The molecular weight excluding hydrogens is 458 g/mol. The zero-order valence-corrected chi connectivity index (χ0v) is 22.6. The van der Waals surface area contributed by atoms with Gasteiger partial charge in [-0.05, 0) is 83.2 Å². The van der Waals surface area contributed by atoms with Crippen LogP contribution in [0.1, 0.15) is 61.6 Å². The lowest BCUT2D eigenvalue weighted by molar-refractivity contribution is -0.141. The van der Waals surface area contributed by atoms with Gasteiger partial charge in [-0.1, -0.05) is 36.4 Å². The molecular formula is C28H39N3O5. The highest BCUT2D eigenvalue weighted by molar-refractivity contribution is 5.99. The predicted molar refractivity (Wildman–Crippen MR) is 141 cm³/mol. The van der Waals surface area contributed by atoms with Crippen LogP contribution in [0.15, 0.2) is 36.4 Å². The third-order valence-electron chi connectivity index (χ3n) is 5.86. The van der Waals surface area contributed by atoms with Gasteiger partial charge < -0.3 is 25.4 Å². The SMILES string of the molecule is Cc1ccc(C(C(=O)Nc2c(C)cccc2C)N(CCO)C(=O)C(C)NC(=O)OC(C)(C)C)cc1C. The molecule has 0 saturated heterocycles. The number of amides is 3. The molecule has 0 saturated carbocycles. The Hall–Kier alpha value is -3.39. The van der Waals surface area contributed by atoms with Crippen LogP contribution in [0.25, 0.3) is 0 Å². The highest BCUT2D eigenvalue weighted by Crippen LogP contribution is 2.28. The monoisotopic (exact) mass is 497 g/mol. The smallest absolute Gasteiger partial charge is 0.408 e. The first-order valence-electron chi connectivity index (χ1n) is 12.1. The molecule has 2 unspecified atom stereocenters. The summed E-state index contributed by atoms with van der Waals surface area (Å²) in [5, 5.41) is 15.4. The second-order valence-electron chi connectivity index (χ2n) is 10.1. The molecule has 196 valence electrons. The minimum Gasteiger partial charge on any atom is -0.444 e. The Kier molecular flexibility index (Phi) is 9.64. The van der Waals surface area contributed by atoms with Crippen molar-refractivity contribution >= 4 is 23.6 Å². The summed E-state index contributed by atoms with van der Waals surface area (Å²) >= 11 is 0. The van der Waals surface area contributed by atoms with Crippen molar-refractivity contribution in [2.75, 3.05) is 18.5 Å². The van der Waals surface area contributed by atoms with Gasteiger partial charge in [0.1, 0.15) is 17.7 Å². The lowest BCUT2D eigenvalue weighted by Crippen LogP contribution is -2.52. The first-order valence-corrected chi connectivity index (χ1v) is 12.1. The van der Waals surface area contributed by atoms with E-state index in [0.29, 0.717) is 11.3 Å². The number of alkyl carbamates (subject to hydrolysis) is 1. The fourth-order valence-electron chi connectivity index (χ4n) is 3.88. The number of carbonyl (C=O) groups excluding carboxylic acids is 3. The van der Waals surface area contributed by atoms with Gasteiger partial charge >= 0.3 is 6.09 Å². The van der Waals surface area contributed by atoms with Crippen LogP contribution in [0.5, 0.6) is 0 Å². The number of carbonyl (C=O) groups is 3. The fraction of sp³-hybridized carbons (Fsp3) is 0.464. The molecule has 2 aromatic carbocycles. The van der Waals surface area contributed by atoms with Crippen LogP contribution in [0.4, 0.5) is 10.5 Å². The molecule has 2 atom stereocenters. The molecule has 0 aliphatic heterocycles. The van der Waals surface area contributed by atoms with Gasteiger partial charge in [0.25, 0.3) is 5.91 Å². The Morgan fingerprint density at radius 3 is 2.11 bits per heavy atom. The van der Waals surface area contributed by atoms with E-state index in [2.05, 4.69) is 10.6 Å². The van der Waals surface area contributed by atoms with E-state index in [1.165, 1.54) is 11.8 Å². The number of hydrogen-bond acceptors (Lipinski definition) is 5. The lowest BCUT2D eigenvalue weighted by Gasteiger charge is -2.33. The van der Waals surface area contributed by atoms with Gasteiger partial charge in [0.2, 0.25) is 5.91 Å². The number of para-hydroxylation sites is 1. The number of aliphatic hydroxyl groups is 1. The Morgan fingerprint density at radius 1 is 0.972 bits per heavy atom. The number of benzene rings is 2. The molecule has 8 heteroatoms. The molecule has 2 aromatic rings. The molecule has 0 heterocycles. The molecule has 0 bridgehead atoms. The van der Waals surface area contributed by atoms with Gasteiger partial charge in [-0.25, -0.2) is 4.79 Å². The summed E-state index contributed by atoms with van der Waals surface area (Å²) in [6.45, 7) is 13.9. The van der Waals surface area contributed by atoms with Crippen molar-refractivity contribution in [1.29, 1.82) is 0 Å². The van der Waals surface area contributed by atoms with E-state index in [9.17, 15) is 19.5 Å². The Bertz CT molecular complexity index is 1090. The fourth-order valence-corrected chi connectivity index (χ4v) is 3.88. The van der Waals surface area contributed by atoms with Gasteiger partial charge in [-0.3, -0.25) is 9.59 Å². The van der Waals surface area contributed by atoms with Crippen LogP contribution < -0.4 is 10.6 Å². The second kappa shape index (κ2) is 12.0. The maximum atomic E-state index is 13.8. The first-order chi connectivity index (χ1) is 16.7. The van der Waals surface area contributed by atoms with Crippen LogP contribution in [0.3, 0.4) is 0 Å². The standard InChI is InChI=1S/C28H39N3O5/c1-17-12-13-22(16-20(17)4)24(25(33)30-23-18(2)10-9-11-19(23)3)31(14-15-32)26(34)21(5)29-27(35)36-28(6,7)8/h9-13,16,21,24,32H,14-15H2,1-8H3,(H,29,35)(H,30,33). The van der Waals surface area contributed by atoms with E-state index in [4.69, 9.17) is 4.74 Å². The third kappa shape index (κ3) is 7.55. The average molecular weight is 498 g/mol. The van der Waals surface area contributed by atoms with Crippen molar-refractivity contribution in [3.63, 3.8) is 0 Å². The summed E-state index contributed by atoms with van der Waals surface area (Å²) in [6, 6.07) is 9.25. The number of nitrogens with zero attached hydrogens (tertiary/aromatic N) is 1. The Labute approximate surface area is 214 Å². The quantitative estimate of drug-likeness (QED) is 0.503. The highest BCUT2D eigenvalue weighted by Gasteiger charge is 2.35. The molecule has 0 aromatic heterocycles. The predicted octanol–water partition coefficient (Wildman–Crippen LogP) is 4.33. The highest BCUT2D eigenvalue weighted by atomic mass is 16.6. The number of aryl methyl sites for hydroxylation is 4. The van der Waals surface area contributed by atoms with Crippen LogP contribution in [-0.4, -0.2) is 52.7 Å². The molecule has 3 amide bonds. The average Bonchev–Trinajstić information content (AvgIpc) is 2.76. The number of rotatable bonds is 8. The summed E-state index contributed by atoms with van der Waals surface area (Å²) in [5.74, 6) is -0.934. The van der Waals surface area contributed by atoms with Gasteiger partial charge in [-0.15, -0.1) is 0 Å². The second-order valence-corrected chi connectivity index (χ2v) is 10.1. The van der Waals surface area contributed by atoms with Gasteiger partial charge in [-0.2, -0.15) is 0 Å². The molecule has 2 rings (SSSR count). The summed E-state index contributed by atoms with van der Waals surface area (Å²) in [7, 11) is 0. The first kappa shape index (κ1) is 28.8. The zero-order valence-electron chi connectivity index (χ0n) is 22.6. The minimum atomic E-state index is -1.04. The number of aliphatic hydroxyl groups excluding tert-OH is 1. The van der Waals surface area contributed by atoms with E-state index in [1.807, 2.05) is 58.0 Å². The summed E-state index contributed by atoms with van der Waals surface area (Å²) < 4.78 is 5.28. The molecule has 36 heavy (non-hydrogen) atoms. The molecule has 0 spiro atoms. The molecule has 0 aliphatic carbocycles. The molecule has 0 aliphatic rings. The minimum absolute atomic E-state index is 0.100. The van der Waals surface area contributed by atoms with E-state index in [0.717, 1.165) is 22.3 Å². The van der Waals surface area contributed by atoms with Crippen molar-refractivity contribution in [2.24, 2.45) is 0 Å². The van der Waals surface area contributed by atoms with Crippen LogP contribution in [0, 0.1) is 27.7 Å². The van der Waals surface area contributed by atoms with Crippen molar-refractivity contribution in [3.8, 4) is 0 Å². The van der Waals surface area contributed by atoms with Crippen LogP contribution in [-0.2, 0) is 14.3 Å². The van der Waals surface area contributed by atoms with Crippen molar-refractivity contribution in [3.05, 3.63) is 64.2 Å². The lowest BCUT2D eigenvalue weighted by atomic mass is 9.98. The van der Waals surface area contributed by atoms with E-state index >= 15 is 0 Å². The summed E-state index contributed by atoms with van der Waals surface area (Å²) in [6.07, 6.45) is -0.741. The summed E-state index contributed by atoms with van der Waals surface area (Å²) in [4.78, 5) is 40.9. The van der Waals surface area contributed by atoms with Crippen molar-refractivity contribution < 1.29 is 24.2 Å². The normalized spacial score (nSPS) is 12.9. The van der Waals surface area contributed by atoms with Crippen molar-refractivity contribution in [2.45, 2.75) is 73.1 Å². The van der Waals surface area contributed by atoms with Gasteiger partial charge in [0.15, 0.2) is 0 Å². The summed E-state index contributed by atoms with van der Waals surface area (Å²) in [5.41, 5.74) is 4.34. The number of hydrogen-bond donors (Lipinski definition) is 3. The third-order valence-corrected chi connectivity index (χ3v) is 5.86. The van der Waals surface area contributed by atoms with Crippen LogP contribution in [0.2, 0.25) is 0 Å². The van der Waals surface area contributed by atoms with Crippen LogP contribution >= 0.6 is 0 Å². The maximum Gasteiger partial charge on any atom is 0.408 e. The number of anilines is 1. The molecule has 0 fully saturated rings.